The molecule has 0 aliphatic carbocycles. The van der Waals surface area contributed by atoms with Gasteiger partial charge in [0.25, 0.3) is 0 Å². The number of nitrogens with zero attached hydrogens (tertiary/aromatic N) is 1. The van der Waals surface area contributed by atoms with Gasteiger partial charge in [-0.25, -0.2) is 9.37 Å². The van der Waals surface area contributed by atoms with Gasteiger partial charge in [-0.2, -0.15) is 0 Å². The molecule has 1 aromatic carbocycles. The van der Waals surface area contributed by atoms with Crippen molar-refractivity contribution < 1.29 is 4.39 Å². The van der Waals surface area contributed by atoms with Gasteiger partial charge < -0.3 is 11.1 Å². The predicted molar refractivity (Wildman–Crippen MR) is 78.7 cm³/mol. The Morgan fingerprint density at radius 2 is 2.16 bits per heavy atom. The van der Waals surface area contributed by atoms with Gasteiger partial charge in [-0.05, 0) is 36.2 Å². The number of aromatic nitrogens is 1. The second-order valence-electron chi connectivity index (χ2n) is 4.10. The fourth-order valence-electron chi connectivity index (χ4n) is 1.71. The third-order valence-electron chi connectivity index (χ3n) is 2.65. The zero-order valence-corrected chi connectivity index (χ0v) is 11.1. The molecule has 0 amide bonds. The van der Waals surface area contributed by atoms with Crippen LogP contribution in [0.2, 0.25) is 0 Å². The fraction of sp³-hybridized carbons (Fsp3) is 0.143. The van der Waals surface area contributed by atoms with Crippen molar-refractivity contribution in [1.29, 1.82) is 0 Å². The minimum atomic E-state index is -0.217. The smallest absolute Gasteiger partial charge is 0.126 e. The lowest BCUT2D eigenvalue weighted by molar-refractivity contribution is 0.625. The van der Waals surface area contributed by atoms with Gasteiger partial charge in [0.2, 0.25) is 0 Å². The summed E-state index contributed by atoms with van der Waals surface area (Å²) in [5, 5.41) is 3.16. The third-order valence-corrected chi connectivity index (χ3v) is 2.89. The van der Waals surface area contributed by atoms with Gasteiger partial charge in [-0.3, -0.25) is 0 Å². The molecule has 0 radical (unpaired) electrons. The molecular weight excluding hydrogens is 261 g/mol. The van der Waals surface area contributed by atoms with Crippen LogP contribution in [-0.2, 0) is 6.42 Å². The van der Waals surface area contributed by atoms with E-state index in [0.717, 1.165) is 17.5 Å². The summed E-state index contributed by atoms with van der Waals surface area (Å²) in [5.74, 6) is 0.493. The predicted octanol–water partition coefficient (Wildman–Crippen LogP) is 2.51. The van der Waals surface area contributed by atoms with Crippen molar-refractivity contribution >= 4 is 23.0 Å². The molecule has 19 heavy (non-hydrogen) atoms. The monoisotopic (exact) mass is 275 g/mol. The van der Waals surface area contributed by atoms with Crippen molar-refractivity contribution in [3.63, 3.8) is 0 Å². The zero-order valence-electron chi connectivity index (χ0n) is 10.3. The summed E-state index contributed by atoms with van der Waals surface area (Å²) in [6, 6.07) is 10.1. The topological polar surface area (TPSA) is 50.9 Å². The summed E-state index contributed by atoms with van der Waals surface area (Å²) in [6.45, 7) is 0.664. The average molecular weight is 275 g/mol. The Balaban J connectivity index is 1.92. The molecule has 0 unspecified atom stereocenters. The van der Waals surface area contributed by atoms with Crippen molar-refractivity contribution in [2.75, 3.05) is 11.9 Å². The maximum atomic E-state index is 13.0. The molecule has 0 aliphatic heterocycles. The van der Waals surface area contributed by atoms with Crippen LogP contribution >= 0.6 is 12.2 Å². The molecule has 2 aromatic rings. The molecule has 5 heteroatoms. The van der Waals surface area contributed by atoms with Crippen LogP contribution in [0, 0.1) is 5.82 Å². The Kier molecular flexibility index (Phi) is 4.41. The van der Waals surface area contributed by atoms with E-state index in [1.807, 2.05) is 6.07 Å². The first-order chi connectivity index (χ1) is 9.15. The zero-order chi connectivity index (χ0) is 13.7. The normalized spacial score (nSPS) is 10.2. The number of benzene rings is 1. The van der Waals surface area contributed by atoms with Gasteiger partial charge in [0, 0.05) is 18.3 Å². The molecule has 0 saturated heterocycles. The van der Waals surface area contributed by atoms with E-state index in [2.05, 4.69) is 10.3 Å². The number of hydrogen-bond acceptors (Lipinski definition) is 3. The van der Waals surface area contributed by atoms with Gasteiger partial charge in [-0.1, -0.05) is 24.4 Å². The van der Waals surface area contributed by atoms with Crippen molar-refractivity contribution in [2.45, 2.75) is 6.42 Å². The van der Waals surface area contributed by atoms with E-state index in [-0.39, 0.29) is 5.82 Å². The van der Waals surface area contributed by atoms with E-state index >= 15 is 0 Å². The van der Waals surface area contributed by atoms with E-state index in [1.54, 1.807) is 24.4 Å². The Bertz CT molecular complexity index is 586. The van der Waals surface area contributed by atoms with Crippen LogP contribution in [0.1, 0.15) is 11.1 Å². The minimum Gasteiger partial charge on any atom is -0.389 e. The Morgan fingerprint density at radius 1 is 1.32 bits per heavy atom. The lowest BCUT2D eigenvalue weighted by Gasteiger charge is -2.07. The molecule has 2 rings (SSSR count). The fourth-order valence-corrected chi connectivity index (χ4v) is 1.83. The number of nitrogens with one attached hydrogen (secondary N) is 1. The first-order valence-electron chi connectivity index (χ1n) is 5.89. The van der Waals surface area contributed by atoms with Gasteiger partial charge in [0.1, 0.15) is 16.6 Å². The lowest BCUT2D eigenvalue weighted by atomic mass is 10.1. The molecule has 3 N–H and O–H groups in total. The number of halogens is 1. The van der Waals surface area contributed by atoms with E-state index < -0.39 is 0 Å². The van der Waals surface area contributed by atoms with Crippen LogP contribution < -0.4 is 11.1 Å². The average Bonchev–Trinajstić information content (AvgIpc) is 2.39. The highest BCUT2D eigenvalue weighted by Crippen LogP contribution is 2.08. The Labute approximate surface area is 116 Å². The van der Waals surface area contributed by atoms with Crippen molar-refractivity contribution in [3.05, 3.63) is 59.5 Å². The van der Waals surface area contributed by atoms with Gasteiger partial charge in [-0.15, -0.1) is 0 Å². The maximum Gasteiger partial charge on any atom is 0.126 e. The summed E-state index contributed by atoms with van der Waals surface area (Å²) >= 11 is 4.91. The second-order valence-corrected chi connectivity index (χ2v) is 4.54. The number of hydrogen-bond donors (Lipinski definition) is 2. The van der Waals surface area contributed by atoms with Crippen molar-refractivity contribution in [3.8, 4) is 0 Å². The standard InChI is InChI=1S/C14H14FN3S/c15-12-3-1-2-10(8-12)4-6-17-13-9-11(14(16)19)5-7-18-13/h1-3,5,7-9H,4,6H2,(H2,16,19)(H,17,18). The number of pyridine rings is 1. The van der Waals surface area contributed by atoms with Gasteiger partial charge in [0.05, 0.1) is 0 Å². The van der Waals surface area contributed by atoms with Crippen LogP contribution in [-0.4, -0.2) is 16.5 Å². The van der Waals surface area contributed by atoms with Gasteiger partial charge in [0.15, 0.2) is 0 Å². The van der Waals surface area contributed by atoms with E-state index in [1.165, 1.54) is 12.1 Å². The van der Waals surface area contributed by atoms with E-state index in [0.29, 0.717) is 17.4 Å². The molecule has 1 heterocycles. The Morgan fingerprint density at radius 3 is 2.89 bits per heavy atom. The highest BCUT2D eigenvalue weighted by atomic mass is 32.1. The van der Waals surface area contributed by atoms with Crippen LogP contribution in [0.25, 0.3) is 0 Å². The second kappa shape index (κ2) is 6.24. The summed E-state index contributed by atoms with van der Waals surface area (Å²) in [7, 11) is 0. The number of thiocarbonyl (C=S) groups is 1. The summed E-state index contributed by atoms with van der Waals surface area (Å²) in [5.41, 5.74) is 7.27. The van der Waals surface area contributed by atoms with E-state index in [4.69, 9.17) is 18.0 Å². The summed E-state index contributed by atoms with van der Waals surface area (Å²) in [4.78, 5) is 4.51. The first-order valence-corrected chi connectivity index (χ1v) is 6.30. The highest BCUT2D eigenvalue weighted by Gasteiger charge is 2.00. The Hall–Kier alpha value is -2.01. The molecule has 0 aliphatic rings. The summed E-state index contributed by atoms with van der Waals surface area (Å²) in [6.07, 6.45) is 2.37. The number of anilines is 1. The molecule has 0 fully saturated rings. The summed E-state index contributed by atoms with van der Waals surface area (Å²) < 4.78 is 13.0. The van der Waals surface area contributed by atoms with Crippen molar-refractivity contribution in [2.24, 2.45) is 5.73 Å². The quantitative estimate of drug-likeness (QED) is 0.823. The third kappa shape index (κ3) is 3.99. The maximum absolute atomic E-state index is 13.0. The van der Waals surface area contributed by atoms with Gasteiger partial charge >= 0.3 is 0 Å². The minimum absolute atomic E-state index is 0.217. The molecule has 3 nitrogen and oxygen atoms in total. The van der Waals surface area contributed by atoms with Crippen LogP contribution in [0.3, 0.4) is 0 Å². The molecule has 0 spiro atoms. The van der Waals surface area contributed by atoms with Crippen molar-refractivity contribution in [1.82, 2.24) is 4.98 Å². The van der Waals surface area contributed by atoms with E-state index in [9.17, 15) is 4.39 Å². The number of rotatable bonds is 5. The van der Waals surface area contributed by atoms with Crippen LogP contribution in [0.5, 0.6) is 0 Å². The molecule has 0 bridgehead atoms. The highest BCUT2D eigenvalue weighted by molar-refractivity contribution is 7.80. The largest absolute Gasteiger partial charge is 0.389 e. The molecule has 0 saturated carbocycles. The molecular formula is C14H14FN3S. The lowest BCUT2D eigenvalue weighted by Crippen LogP contribution is -2.11. The van der Waals surface area contributed by atoms with Crippen LogP contribution in [0.15, 0.2) is 42.6 Å². The first kappa shape index (κ1) is 13.4. The number of nitrogens with two attached hydrogens (primary N) is 1. The molecule has 98 valence electrons. The molecule has 0 atom stereocenters. The SMILES string of the molecule is NC(=S)c1ccnc(NCCc2cccc(F)c2)c1. The molecule has 1 aromatic heterocycles. The van der Waals surface area contributed by atoms with Crippen LogP contribution in [0.4, 0.5) is 10.2 Å².